The quantitative estimate of drug-likeness (QED) is 0.785. The molecule has 0 aromatic carbocycles. The van der Waals surface area contributed by atoms with Gasteiger partial charge in [0, 0.05) is 0 Å². The van der Waals surface area contributed by atoms with Crippen LogP contribution in [0.2, 0.25) is 0 Å². The van der Waals surface area contributed by atoms with E-state index in [0.717, 1.165) is 24.2 Å². The summed E-state index contributed by atoms with van der Waals surface area (Å²) in [5.41, 5.74) is -0.136. The molecule has 4 aliphatic rings. The summed E-state index contributed by atoms with van der Waals surface area (Å²) in [6.45, 7) is 6.63. The Hall–Kier alpha value is -0.0400. The second-order valence-electron chi connectivity index (χ2n) is 8.07. The van der Waals surface area contributed by atoms with Crippen LogP contribution in [0.4, 0.5) is 0 Å². The molecule has 1 nitrogen and oxygen atoms in total. The first kappa shape index (κ1) is 12.0. The second-order valence-corrected chi connectivity index (χ2v) is 8.07. The summed E-state index contributed by atoms with van der Waals surface area (Å²) in [7, 11) is 0. The van der Waals surface area contributed by atoms with Crippen molar-refractivity contribution in [2.75, 3.05) is 0 Å². The maximum atomic E-state index is 11.1. The molecule has 1 N–H and O–H groups in total. The minimum absolute atomic E-state index is 0.284. The Bertz CT molecular complexity index is 267. The maximum Gasteiger partial charge on any atom is 0.0678 e. The number of aliphatic hydroxyl groups is 1. The molecular formula is C16H28O. The van der Waals surface area contributed by atoms with Gasteiger partial charge in [-0.2, -0.15) is 0 Å². The Morgan fingerprint density at radius 3 is 1.82 bits per heavy atom. The summed E-state index contributed by atoms with van der Waals surface area (Å²) in [6.07, 6.45) is 9.35. The van der Waals surface area contributed by atoms with Crippen LogP contribution in [0.5, 0.6) is 0 Å². The van der Waals surface area contributed by atoms with E-state index in [2.05, 4.69) is 20.8 Å². The molecule has 0 aliphatic heterocycles. The van der Waals surface area contributed by atoms with Gasteiger partial charge in [0.1, 0.15) is 0 Å². The third kappa shape index (κ3) is 1.85. The van der Waals surface area contributed by atoms with Crippen LogP contribution in [-0.2, 0) is 0 Å². The number of hydrogen-bond donors (Lipinski definition) is 1. The van der Waals surface area contributed by atoms with Gasteiger partial charge in [-0.1, -0.05) is 13.8 Å². The normalized spacial score (nSPS) is 47.5. The lowest BCUT2D eigenvalue weighted by Crippen LogP contribution is -2.57. The average Bonchev–Trinajstić information content (AvgIpc) is 2.12. The molecule has 0 radical (unpaired) electrons. The molecule has 4 bridgehead atoms. The highest BCUT2D eigenvalue weighted by atomic mass is 16.3. The van der Waals surface area contributed by atoms with E-state index in [4.69, 9.17) is 0 Å². The van der Waals surface area contributed by atoms with Gasteiger partial charge in [0.2, 0.25) is 0 Å². The standard InChI is InChI=1S/C16H28O/c1-11(2)7-15(3,17)16-8-12-4-13(9-16)6-14(5-12)10-16/h11-14,17H,4-10H2,1-3H3. The van der Waals surface area contributed by atoms with Gasteiger partial charge in [-0.05, 0) is 81.0 Å². The molecule has 98 valence electrons. The molecule has 4 aliphatic carbocycles. The van der Waals surface area contributed by atoms with E-state index < -0.39 is 5.60 Å². The van der Waals surface area contributed by atoms with E-state index in [1.54, 1.807) is 0 Å². The van der Waals surface area contributed by atoms with Gasteiger partial charge >= 0.3 is 0 Å². The highest BCUT2D eigenvalue weighted by Crippen LogP contribution is 2.64. The molecule has 1 unspecified atom stereocenters. The first-order chi connectivity index (χ1) is 7.90. The van der Waals surface area contributed by atoms with Crippen LogP contribution in [0, 0.1) is 29.1 Å². The third-order valence-corrected chi connectivity index (χ3v) is 5.99. The molecule has 0 spiro atoms. The Morgan fingerprint density at radius 2 is 1.47 bits per heavy atom. The fraction of sp³-hybridized carbons (Fsp3) is 1.00. The zero-order valence-electron chi connectivity index (χ0n) is 11.7. The largest absolute Gasteiger partial charge is 0.390 e. The van der Waals surface area contributed by atoms with Crippen molar-refractivity contribution < 1.29 is 5.11 Å². The molecule has 1 heteroatoms. The molecule has 17 heavy (non-hydrogen) atoms. The summed E-state index contributed by atoms with van der Waals surface area (Å²) in [4.78, 5) is 0. The van der Waals surface area contributed by atoms with Crippen molar-refractivity contribution >= 4 is 0 Å². The summed E-state index contributed by atoms with van der Waals surface area (Å²) >= 11 is 0. The van der Waals surface area contributed by atoms with Crippen molar-refractivity contribution in [3.8, 4) is 0 Å². The van der Waals surface area contributed by atoms with Crippen LogP contribution in [0.15, 0.2) is 0 Å². The summed E-state index contributed by atoms with van der Waals surface area (Å²) in [6, 6.07) is 0. The van der Waals surface area contributed by atoms with Crippen molar-refractivity contribution in [1.29, 1.82) is 0 Å². The molecule has 0 aromatic heterocycles. The smallest absolute Gasteiger partial charge is 0.0678 e. The minimum Gasteiger partial charge on any atom is -0.390 e. The summed E-state index contributed by atoms with van der Waals surface area (Å²) in [5, 5.41) is 11.1. The lowest BCUT2D eigenvalue weighted by molar-refractivity contribution is -0.177. The number of hydrogen-bond acceptors (Lipinski definition) is 1. The van der Waals surface area contributed by atoms with E-state index in [1.165, 1.54) is 38.5 Å². The molecule has 0 heterocycles. The lowest BCUT2D eigenvalue weighted by Gasteiger charge is -2.62. The SMILES string of the molecule is CC(C)CC(C)(O)C12CC3CC(CC(C3)C1)C2. The molecule has 1 atom stereocenters. The fourth-order valence-corrected chi connectivity index (χ4v) is 5.78. The topological polar surface area (TPSA) is 20.2 Å². The van der Waals surface area contributed by atoms with Gasteiger partial charge in [-0.3, -0.25) is 0 Å². The Kier molecular flexibility index (Phi) is 2.63. The van der Waals surface area contributed by atoms with E-state index in [-0.39, 0.29) is 5.41 Å². The fourth-order valence-electron chi connectivity index (χ4n) is 5.78. The van der Waals surface area contributed by atoms with Gasteiger partial charge < -0.3 is 5.11 Å². The minimum atomic E-state index is -0.419. The summed E-state index contributed by atoms with van der Waals surface area (Å²) < 4.78 is 0. The molecule has 4 fully saturated rings. The Balaban J connectivity index is 1.86. The molecular weight excluding hydrogens is 208 g/mol. The predicted octanol–water partition coefficient (Wildman–Crippen LogP) is 4.00. The first-order valence-electron chi connectivity index (χ1n) is 7.63. The predicted molar refractivity (Wildman–Crippen MR) is 70.7 cm³/mol. The Morgan fingerprint density at radius 1 is 1.06 bits per heavy atom. The van der Waals surface area contributed by atoms with Gasteiger partial charge in [0.05, 0.1) is 5.60 Å². The molecule has 0 aromatic rings. The highest BCUT2D eigenvalue weighted by Gasteiger charge is 2.58. The summed E-state index contributed by atoms with van der Waals surface area (Å²) in [5.74, 6) is 3.44. The van der Waals surface area contributed by atoms with Gasteiger partial charge in [-0.25, -0.2) is 0 Å². The van der Waals surface area contributed by atoms with Crippen LogP contribution < -0.4 is 0 Å². The Labute approximate surface area is 106 Å². The van der Waals surface area contributed by atoms with E-state index in [0.29, 0.717) is 5.92 Å². The van der Waals surface area contributed by atoms with Crippen molar-refractivity contribution in [2.45, 2.75) is 71.3 Å². The van der Waals surface area contributed by atoms with Crippen LogP contribution in [0.1, 0.15) is 65.7 Å². The van der Waals surface area contributed by atoms with Crippen LogP contribution in [0.25, 0.3) is 0 Å². The van der Waals surface area contributed by atoms with Gasteiger partial charge in [0.15, 0.2) is 0 Å². The van der Waals surface area contributed by atoms with Crippen LogP contribution in [-0.4, -0.2) is 10.7 Å². The zero-order valence-corrected chi connectivity index (χ0v) is 11.7. The van der Waals surface area contributed by atoms with Crippen molar-refractivity contribution in [3.05, 3.63) is 0 Å². The van der Waals surface area contributed by atoms with Crippen LogP contribution >= 0.6 is 0 Å². The van der Waals surface area contributed by atoms with E-state index in [1.807, 2.05) is 0 Å². The molecule has 4 rings (SSSR count). The van der Waals surface area contributed by atoms with Crippen molar-refractivity contribution in [2.24, 2.45) is 29.1 Å². The molecule has 0 saturated heterocycles. The zero-order chi connectivity index (χ0) is 12.3. The van der Waals surface area contributed by atoms with Crippen molar-refractivity contribution in [3.63, 3.8) is 0 Å². The van der Waals surface area contributed by atoms with Crippen LogP contribution in [0.3, 0.4) is 0 Å². The lowest BCUT2D eigenvalue weighted by atomic mass is 9.45. The number of rotatable bonds is 3. The van der Waals surface area contributed by atoms with E-state index >= 15 is 0 Å². The van der Waals surface area contributed by atoms with Gasteiger partial charge in [-0.15, -0.1) is 0 Å². The first-order valence-corrected chi connectivity index (χ1v) is 7.63. The molecule has 0 amide bonds. The maximum absolute atomic E-state index is 11.1. The highest BCUT2D eigenvalue weighted by molar-refractivity contribution is 5.08. The monoisotopic (exact) mass is 236 g/mol. The van der Waals surface area contributed by atoms with Gasteiger partial charge in [0.25, 0.3) is 0 Å². The van der Waals surface area contributed by atoms with E-state index in [9.17, 15) is 5.11 Å². The second kappa shape index (κ2) is 3.73. The third-order valence-electron chi connectivity index (χ3n) is 5.99. The van der Waals surface area contributed by atoms with Crippen molar-refractivity contribution in [1.82, 2.24) is 0 Å². The molecule has 4 saturated carbocycles. The average molecular weight is 236 g/mol.